The largest absolute Gasteiger partial charge is 0.494 e. The summed E-state index contributed by atoms with van der Waals surface area (Å²) in [7, 11) is 0. The van der Waals surface area contributed by atoms with Crippen molar-refractivity contribution in [3.05, 3.63) is 89.8 Å². The number of thiophene rings is 3. The Bertz CT molecular complexity index is 1770. The van der Waals surface area contributed by atoms with E-state index in [4.69, 9.17) is 9.47 Å². The molecule has 3 heterocycles. The van der Waals surface area contributed by atoms with Crippen LogP contribution in [0.25, 0.3) is 29.2 Å². The lowest BCUT2D eigenvalue weighted by molar-refractivity contribution is 0.112. The average molecular weight is 668 g/mol. The van der Waals surface area contributed by atoms with E-state index in [0.29, 0.717) is 0 Å². The number of carbonyl (C=O) groups is 1. The number of rotatable bonds is 17. The van der Waals surface area contributed by atoms with E-state index in [-0.39, 0.29) is 0 Å². The first-order valence-corrected chi connectivity index (χ1v) is 18.9. The van der Waals surface area contributed by atoms with E-state index in [2.05, 4.69) is 97.6 Å². The van der Waals surface area contributed by atoms with Crippen molar-refractivity contribution in [1.29, 1.82) is 0 Å². The molecule has 46 heavy (non-hydrogen) atoms. The van der Waals surface area contributed by atoms with Crippen LogP contribution in [0.2, 0.25) is 0 Å². The van der Waals surface area contributed by atoms with Crippen molar-refractivity contribution in [2.75, 3.05) is 18.1 Å². The first-order valence-electron chi connectivity index (χ1n) is 16.4. The summed E-state index contributed by atoms with van der Waals surface area (Å²) >= 11 is 5.16. The molecular weight excluding hydrogens is 627 g/mol. The van der Waals surface area contributed by atoms with Crippen LogP contribution >= 0.6 is 34.0 Å². The van der Waals surface area contributed by atoms with Gasteiger partial charge in [0.2, 0.25) is 0 Å². The Kier molecular flexibility index (Phi) is 11.1. The number of hydrogen-bond donors (Lipinski definition) is 0. The molecule has 0 bridgehead atoms. The molecule has 0 saturated carbocycles. The van der Waals surface area contributed by atoms with Crippen LogP contribution in [0.5, 0.6) is 11.5 Å². The van der Waals surface area contributed by atoms with Gasteiger partial charge in [0.25, 0.3) is 0 Å². The molecular formula is C39H41NO3S3. The smallest absolute Gasteiger partial charge is 0.160 e. The molecule has 6 rings (SSSR count). The van der Waals surface area contributed by atoms with Gasteiger partial charge in [-0.3, -0.25) is 4.79 Å². The summed E-state index contributed by atoms with van der Waals surface area (Å²) in [5.74, 6) is 1.81. The Morgan fingerprint density at radius 2 is 1.09 bits per heavy atom. The minimum absolute atomic E-state index is 0.751. The fraction of sp³-hybridized carbons (Fsp3) is 0.308. The summed E-state index contributed by atoms with van der Waals surface area (Å²) in [6.07, 6.45) is 10.5. The molecule has 0 aliphatic heterocycles. The molecule has 0 aliphatic rings. The maximum Gasteiger partial charge on any atom is 0.160 e. The fourth-order valence-electron chi connectivity index (χ4n) is 5.60. The Morgan fingerprint density at radius 3 is 1.61 bits per heavy atom. The van der Waals surface area contributed by atoms with Gasteiger partial charge in [-0.1, -0.05) is 64.5 Å². The first kappa shape index (κ1) is 32.3. The maximum absolute atomic E-state index is 11.3. The SMILES string of the molecule is CCCCCCOc1ccc(N(c2ccc(OCCCCCC)cc2)c2ccc(-c3cc4sc5cc(C=O)sc5c4s3)cc2)cc1. The Labute approximate surface area is 284 Å². The quantitative estimate of drug-likeness (QED) is 0.0717. The zero-order valence-electron chi connectivity index (χ0n) is 26.6. The van der Waals surface area contributed by atoms with Gasteiger partial charge >= 0.3 is 0 Å². The molecule has 0 amide bonds. The van der Waals surface area contributed by atoms with Crippen LogP contribution < -0.4 is 14.4 Å². The lowest BCUT2D eigenvalue weighted by atomic mass is 10.1. The molecule has 7 heteroatoms. The van der Waals surface area contributed by atoms with E-state index in [1.165, 1.54) is 67.8 Å². The molecule has 0 N–H and O–H groups in total. The van der Waals surface area contributed by atoms with Crippen molar-refractivity contribution >= 4 is 76.2 Å². The van der Waals surface area contributed by atoms with E-state index >= 15 is 0 Å². The number of ether oxygens (including phenoxy) is 2. The lowest BCUT2D eigenvalue weighted by Gasteiger charge is -2.26. The van der Waals surface area contributed by atoms with Crippen LogP contribution in [0.1, 0.15) is 74.9 Å². The number of fused-ring (bicyclic) bond motifs is 3. The molecule has 0 radical (unpaired) electrons. The Hall–Kier alpha value is -3.65. The predicted octanol–water partition coefficient (Wildman–Crippen LogP) is 13.0. The molecule has 0 aliphatic carbocycles. The third kappa shape index (κ3) is 7.65. The van der Waals surface area contributed by atoms with Crippen LogP contribution in [0.15, 0.2) is 84.9 Å². The molecule has 0 unspecified atom stereocenters. The molecule has 4 nitrogen and oxygen atoms in total. The summed E-state index contributed by atoms with van der Waals surface area (Å²) in [4.78, 5) is 15.6. The molecule has 6 aromatic rings. The zero-order valence-corrected chi connectivity index (χ0v) is 29.1. The lowest BCUT2D eigenvalue weighted by Crippen LogP contribution is -2.10. The number of benzene rings is 3. The van der Waals surface area contributed by atoms with E-state index in [1.54, 1.807) is 34.0 Å². The monoisotopic (exact) mass is 667 g/mol. The molecule has 0 saturated heterocycles. The summed E-state index contributed by atoms with van der Waals surface area (Å²) < 4.78 is 17.1. The standard InChI is InChI=1S/C39H41NO3S3/c1-3-5-7-9-23-42-32-19-15-30(16-20-32)40(31-17-21-33(22-18-31)43-24-10-8-6-4-2)29-13-11-28(12-14-29)35-26-37-39(46-35)38-36(45-37)25-34(27-41)44-38/h11-22,25-27H,3-10,23-24H2,1-2H3. The highest BCUT2D eigenvalue weighted by molar-refractivity contribution is 7.39. The second kappa shape index (κ2) is 15.8. The van der Waals surface area contributed by atoms with Gasteiger partial charge in [-0.05, 0) is 91.2 Å². The maximum atomic E-state index is 11.3. The summed E-state index contributed by atoms with van der Waals surface area (Å²) in [6, 6.07) is 30.0. The fourth-order valence-corrected chi connectivity index (χ4v) is 9.45. The number of carbonyl (C=O) groups excluding carboxylic acids is 1. The summed E-state index contributed by atoms with van der Waals surface area (Å²) in [5.41, 5.74) is 4.42. The van der Waals surface area contributed by atoms with Crippen LogP contribution in [0.3, 0.4) is 0 Å². The van der Waals surface area contributed by atoms with Crippen LogP contribution in [-0.4, -0.2) is 19.5 Å². The summed E-state index contributed by atoms with van der Waals surface area (Å²) in [6.45, 7) is 5.96. The van der Waals surface area contributed by atoms with Crippen molar-refractivity contribution in [2.24, 2.45) is 0 Å². The van der Waals surface area contributed by atoms with Gasteiger partial charge in [0.15, 0.2) is 6.29 Å². The number of unbranched alkanes of at least 4 members (excludes halogenated alkanes) is 6. The van der Waals surface area contributed by atoms with Gasteiger partial charge in [-0.15, -0.1) is 34.0 Å². The molecule has 238 valence electrons. The van der Waals surface area contributed by atoms with E-state index in [0.717, 1.165) is 65.8 Å². The minimum Gasteiger partial charge on any atom is -0.494 e. The van der Waals surface area contributed by atoms with Crippen molar-refractivity contribution in [1.82, 2.24) is 0 Å². The predicted molar refractivity (Wildman–Crippen MR) is 200 cm³/mol. The number of hydrogen-bond acceptors (Lipinski definition) is 7. The normalized spacial score (nSPS) is 11.3. The molecule has 0 spiro atoms. The zero-order chi connectivity index (χ0) is 31.7. The number of nitrogens with zero attached hydrogens (tertiary/aromatic N) is 1. The number of aldehydes is 1. The van der Waals surface area contributed by atoms with E-state index in [9.17, 15) is 4.79 Å². The topological polar surface area (TPSA) is 38.8 Å². The number of anilines is 3. The van der Waals surface area contributed by atoms with Crippen molar-refractivity contribution < 1.29 is 14.3 Å². The molecule has 3 aromatic heterocycles. The summed E-state index contributed by atoms with van der Waals surface area (Å²) in [5, 5.41) is 0. The second-order valence-corrected chi connectivity index (χ2v) is 14.8. The highest BCUT2D eigenvalue weighted by atomic mass is 32.1. The Balaban J connectivity index is 1.23. The first-order chi connectivity index (χ1) is 22.7. The van der Waals surface area contributed by atoms with Crippen LogP contribution in [-0.2, 0) is 0 Å². The van der Waals surface area contributed by atoms with Gasteiger partial charge in [0.05, 0.1) is 27.5 Å². The van der Waals surface area contributed by atoms with Crippen molar-refractivity contribution in [3.63, 3.8) is 0 Å². The van der Waals surface area contributed by atoms with Gasteiger partial charge in [0, 0.05) is 31.3 Å². The van der Waals surface area contributed by atoms with E-state index < -0.39 is 0 Å². The molecule has 0 atom stereocenters. The van der Waals surface area contributed by atoms with E-state index in [1.807, 2.05) is 6.07 Å². The molecule has 0 fully saturated rings. The third-order valence-electron chi connectivity index (χ3n) is 8.09. The van der Waals surface area contributed by atoms with Crippen LogP contribution in [0, 0.1) is 0 Å². The van der Waals surface area contributed by atoms with Crippen molar-refractivity contribution in [2.45, 2.75) is 65.2 Å². The van der Waals surface area contributed by atoms with Gasteiger partial charge < -0.3 is 14.4 Å². The average Bonchev–Trinajstić information content (AvgIpc) is 3.77. The minimum atomic E-state index is 0.751. The molecule has 3 aromatic carbocycles. The van der Waals surface area contributed by atoms with Crippen molar-refractivity contribution in [3.8, 4) is 21.9 Å². The highest BCUT2D eigenvalue weighted by Gasteiger charge is 2.16. The third-order valence-corrected chi connectivity index (χ3v) is 11.8. The highest BCUT2D eigenvalue weighted by Crippen LogP contribution is 2.46. The van der Waals surface area contributed by atoms with Crippen LogP contribution in [0.4, 0.5) is 17.1 Å². The van der Waals surface area contributed by atoms with Gasteiger partial charge in [-0.25, -0.2) is 0 Å². The van der Waals surface area contributed by atoms with Gasteiger partial charge in [0.1, 0.15) is 11.5 Å². The second-order valence-electron chi connectivity index (χ2n) is 11.6. The van der Waals surface area contributed by atoms with Gasteiger partial charge in [-0.2, -0.15) is 0 Å². The Morgan fingerprint density at radius 1 is 0.587 bits per heavy atom.